The molecule has 2 aromatic carbocycles. The highest BCUT2D eigenvalue weighted by atomic mass is 19.4. The Labute approximate surface area is 148 Å². The molecule has 0 saturated heterocycles. The van der Waals surface area contributed by atoms with Crippen molar-refractivity contribution in [3.8, 4) is 5.75 Å². The molecule has 2 rings (SSSR count). The zero-order valence-corrected chi connectivity index (χ0v) is 13.8. The second-order valence-corrected chi connectivity index (χ2v) is 5.40. The van der Waals surface area contributed by atoms with E-state index in [1.54, 1.807) is 12.1 Å². The molecular weight excluding hydrogens is 349 g/mol. The van der Waals surface area contributed by atoms with E-state index in [1.165, 1.54) is 18.2 Å². The van der Waals surface area contributed by atoms with E-state index >= 15 is 0 Å². The first-order valence-corrected chi connectivity index (χ1v) is 7.90. The van der Waals surface area contributed by atoms with E-state index in [0.717, 1.165) is 6.07 Å². The number of carbonyl (C=O) groups excluding carboxylic acids is 1. The van der Waals surface area contributed by atoms with Crippen molar-refractivity contribution in [1.29, 1.82) is 0 Å². The predicted molar refractivity (Wildman–Crippen MR) is 90.9 cm³/mol. The van der Waals surface area contributed by atoms with Crippen molar-refractivity contribution >= 4 is 11.6 Å². The smallest absolute Gasteiger partial charge is 0.418 e. The monoisotopic (exact) mass is 368 g/mol. The summed E-state index contributed by atoms with van der Waals surface area (Å²) in [5.74, 6) is 0.271. The molecular formula is C18H19F3N2O3. The maximum atomic E-state index is 12.7. The standard InChI is InChI=1S/C18H19F3N2O3/c19-18(20,21)17(25)14-8-4-5-9-15(14)23-12-16(24)22-10-11-26-13-6-2-1-3-7-13/h1-9,17,23,25H,10-12H2,(H,22,24). The lowest BCUT2D eigenvalue weighted by molar-refractivity contribution is -0.206. The van der Waals surface area contributed by atoms with Crippen LogP contribution >= 0.6 is 0 Å². The summed E-state index contributed by atoms with van der Waals surface area (Å²) in [6, 6.07) is 14.5. The van der Waals surface area contributed by atoms with Crippen LogP contribution in [0.2, 0.25) is 0 Å². The van der Waals surface area contributed by atoms with Gasteiger partial charge in [-0.15, -0.1) is 0 Å². The van der Waals surface area contributed by atoms with Crippen LogP contribution in [-0.4, -0.2) is 36.9 Å². The van der Waals surface area contributed by atoms with E-state index in [4.69, 9.17) is 4.74 Å². The van der Waals surface area contributed by atoms with Crippen molar-refractivity contribution in [2.24, 2.45) is 0 Å². The highest BCUT2D eigenvalue weighted by Gasteiger charge is 2.40. The van der Waals surface area contributed by atoms with Gasteiger partial charge in [0.2, 0.25) is 5.91 Å². The van der Waals surface area contributed by atoms with Gasteiger partial charge in [-0.2, -0.15) is 13.2 Å². The minimum atomic E-state index is -4.78. The Hall–Kier alpha value is -2.74. The van der Waals surface area contributed by atoms with E-state index in [1.807, 2.05) is 18.2 Å². The third kappa shape index (κ3) is 5.96. The number of ether oxygens (including phenoxy) is 1. The highest BCUT2D eigenvalue weighted by molar-refractivity contribution is 5.81. The van der Waals surface area contributed by atoms with Crippen LogP contribution in [0.3, 0.4) is 0 Å². The van der Waals surface area contributed by atoms with Crippen LogP contribution < -0.4 is 15.4 Å². The number of para-hydroxylation sites is 2. The van der Waals surface area contributed by atoms with Crippen LogP contribution in [0.25, 0.3) is 0 Å². The minimum Gasteiger partial charge on any atom is -0.492 e. The van der Waals surface area contributed by atoms with E-state index in [0.29, 0.717) is 5.75 Å². The van der Waals surface area contributed by atoms with E-state index in [2.05, 4.69) is 10.6 Å². The molecule has 5 nitrogen and oxygen atoms in total. The number of amides is 1. The maximum Gasteiger partial charge on any atom is 0.418 e. The molecule has 8 heteroatoms. The lowest BCUT2D eigenvalue weighted by atomic mass is 10.1. The van der Waals surface area contributed by atoms with Crippen LogP contribution in [0.4, 0.5) is 18.9 Å². The Bertz CT molecular complexity index is 708. The number of benzene rings is 2. The molecule has 3 N–H and O–H groups in total. The largest absolute Gasteiger partial charge is 0.492 e. The second-order valence-electron chi connectivity index (χ2n) is 5.40. The lowest BCUT2D eigenvalue weighted by Gasteiger charge is -2.19. The molecule has 26 heavy (non-hydrogen) atoms. The van der Waals surface area contributed by atoms with E-state index < -0.39 is 18.2 Å². The molecule has 0 aliphatic heterocycles. The van der Waals surface area contributed by atoms with Gasteiger partial charge in [-0.25, -0.2) is 0 Å². The molecule has 0 spiro atoms. The number of aliphatic hydroxyl groups is 1. The van der Waals surface area contributed by atoms with Crippen molar-refractivity contribution in [1.82, 2.24) is 5.32 Å². The van der Waals surface area contributed by atoms with Crippen LogP contribution in [0.1, 0.15) is 11.7 Å². The first-order valence-electron chi connectivity index (χ1n) is 7.90. The predicted octanol–water partition coefficient (Wildman–Crippen LogP) is 2.89. The van der Waals surface area contributed by atoms with Gasteiger partial charge in [-0.1, -0.05) is 36.4 Å². The van der Waals surface area contributed by atoms with Crippen molar-refractivity contribution in [3.63, 3.8) is 0 Å². The molecule has 0 saturated carbocycles. The fourth-order valence-electron chi connectivity index (χ4n) is 2.19. The normalized spacial score (nSPS) is 12.3. The topological polar surface area (TPSA) is 70.6 Å². The minimum absolute atomic E-state index is 0.0491. The van der Waals surface area contributed by atoms with Gasteiger partial charge in [0, 0.05) is 11.3 Å². The molecule has 0 aromatic heterocycles. The summed E-state index contributed by atoms with van der Waals surface area (Å²) in [5, 5.41) is 14.6. The van der Waals surface area contributed by atoms with Gasteiger partial charge in [0.05, 0.1) is 13.1 Å². The Morgan fingerprint density at radius 3 is 2.42 bits per heavy atom. The number of aliphatic hydroxyl groups excluding tert-OH is 1. The summed E-state index contributed by atoms with van der Waals surface area (Å²) in [6.07, 6.45) is -7.40. The first kappa shape index (κ1) is 19.6. The first-order chi connectivity index (χ1) is 12.4. The van der Waals surface area contributed by atoms with Crippen molar-refractivity contribution < 1.29 is 27.8 Å². The number of hydrogen-bond donors (Lipinski definition) is 3. The third-order valence-corrected chi connectivity index (χ3v) is 3.44. The highest BCUT2D eigenvalue weighted by Crippen LogP contribution is 2.35. The van der Waals surface area contributed by atoms with Crippen molar-refractivity contribution in [3.05, 3.63) is 60.2 Å². The molecule has 0 fully saturated rings. The number of rotatable bonds is 8. The number of carbonyl (C=O) groups is 1. The molecule has 0 heterocycles. The molecule has 1 unspecified atom stereocenters. The Balaban J connectivity index is 1.79. The third-order valence-electron chi connectivity index (χ3n) is 3.44. The summed E-state index contributed by atoms with van der Waals surface area (Å²) in [5.41, 5.74) is -0.284. The lowest BCUT2D eigenvalue weighted by Crippen LogP contribution is -2.33. The number of anilines is 1. The van der Waals surface area contributed by atoms with Crippen LogP contribution in [-0.2, 0) is 4.79 Å². The molecule has 0 bridgehead atoms. The Morgan fingerprint density at radius 2 is 1.73 bits per heavy atom. The maximum absolute atomic E-state index is 12.7. The average molecular weight is 368 g/mol. The summed E-state index contributed by atoms with van der Waals surface area (Å²) in [7, 11) is 0. The molecule has 0 radical (unpaired) electrons. The number of nitrogens with one attached hydrogen (secondary N) is 2. The van der Waals surface area contributed by atoms with Crippen LogP contribution in [0.5, 0.6) is 5.75 Å². The number of hydrogen-bond acceptors (Lipinski definition) is 4. The van der Waals surface area contributed by atoms with Gasteiger partial charge in [0.25, 0.3) is 0 Å². The van der Waals surface area contributed by atoms with Gasteiger partial charge in [-0.3, -0.25) is 4.79 Å². The van der Waals surface area contributed by atoms with Gasteiger partial charge in [-0.05, 0) is 18.2 Å². The van der Waals surface area contributed by atoms with Crippen molar-refractivity contribution in [2.75, 3.05) is 25.0 Å². The Kier molecular flexibility index (Phi) is 6.85. The van der Waals surface area contributed by atoms with Crippen LogP contribution in [0, 0.1) is 0 Å². The SMILES string of the molecule is O=C(CNc1ccccc1C(O)C(F)(F)F)NCCOc1ccccc1. The number of alkyl halides is 3. The number of halogens is 3. The molecule has 0 aliphatic carbocycles. The zero-order valence-electron chi connectivity index (χ0n) is 13.8. The molecule has 1 amide bonds. The van der Waals surface area contributed by atoms with Crippen molar-refractivity contribution in [2.45, 2.75) is 12.3 Å². The fourth-order valence-corrected chi connectivity index (χ4v) is 2.19. The molecule has 2 aromatic rings. The molecule has 140 valence electrons. The second kappa shape index (κ2) is 9.10. The van der Waals surface area contributed by atoms with E-state index in [9.17, 15) is 23.1 Å². The molecule has 1 atom stereocenters. The summed E-state index contributed by atoms with van der Waals surface area (Å²) >= 11 is 0. The fraction of sp³-hybridized carbons (Fsp3) is 0.278. The zero-order chi connectivity index (χ0) is 19.0. The van der Waals surface area contributed by atoms with Crippen LogP contribution in [0.15, 0.2) is 54.6 Å². The average Bonchev–Trinajstić information content (AvgIpc) is 2.63. The summed E-state index contributed by atoms with van der Waals surface area (Å²) in [4.78, 5) is 11.8. The summed E-state index contributed by atoms with van der Waals surface area (Å²) < 4.78 is 43.5. The van der Waals surface area contributed by atoms with Gasteiger partial charge >= 0.3 is 6.18 Å². The Morgan fingerprint density at radius 1 is 1.08 bits per heavy atom. The molecule has 0 aliphatic rings. The van der Waals surface area contributed by atoms with Gasteiger partial charge < -0.3 is 20.5 Å². The van der Waals surface area contributed by atoms with E-state index in [-0.39, 0.29) is 30.9 Å². The van der Waals surface area contributed by atoms with Gasteiger partial charge in [0.1, 0.15) is 12.4 Å². The quantitative estimate of drug-likeness (QED) is 0.627. The summed E-state index contributed by atoms with van der Waals surface area (Å²) in [6.45, 7) is 0.286. The van der Waals surface area contributed by atoms with Gasteiger partial charge in [0.15, 0.2) is 6.10 Å².